The number of sulfonamides is 1. The molecule has 1 N–H and O–H groups in total. The van der Waals surface area contributed by atoms with Crippen molar-refractivity contribution in [1.29, 1.82) is 0 Å². The molecular formula is C17H21NO3S2. The summed E-state index contributed by atoms with van der Waals surface area (Å²) in [7, 11) is -1.92. The van der Waals surface area contributed by atoms with Gasteiger partial charge in [-0.2, -0.15) is 0 Å². The fourth-order valence-electron chi connectivity index (χ4n) is 2.33. The van der Waals surface area contributed by atoms with Crippen molar-refractivity contribution in [3.8, 4) is 5.75 Å². The number of rotatable bonds is 7. The fraction of sp³-hybridized carbons (Fsp3) is 0.294. The zero-order valence-corrected chi connectivity index (χ0v) is 15.1. The van der Waals surface area contributed by atoms with Crippen molar-refractivity contribution in [2.75, 3.05) is 19.4 Å². The van der Waals surface area contributed by atoms with Crippen molar-refractivity contribution >= 4 is 21.8 Å². The zero-order valence-electron chi connectivity index (χ0n) is 13.5. The molecule has 124 valence electrons. The molecule has 2 rings (SSSR count). The molecule has 0 heterocycles. The second kappa shape index (κ2) is 7.86. The summed E-state index contributed by atoms with van der Waals surface area (Å²) in [5, 5.41) is 0. The average molecular weight is 351 g/mol. The number of thioether (sulfide) groups is 1. The Bertz CT molecular complexity index is 736. The highest BCUT2D eigenvalue weighted by Gasteiger charge is 2.16. The van der Waals surface area contributed by atoms with E-state index >= 15 is 0 Å². The summed E-state index contributed by atoms with van der Waals surface area (Å²) < 4.78 is 32.7. The van der Waals surface area contributed by atoms with E-state index in [1.807, 2.05) is 44.2 Å². The lowest BCUT2D eigenvalue weighted by molar-refractivity contribution is 0.408. The molecule has 6 heteroatoms. The summed E-state index contributed by atoms with van der Waals surface area (Å²) >= 11 is 1.62. The predicted molar refractivity (Wildman–Crippen MR) is 94.8 cm³/mol. The van der Waals surface area contributed by atoms with E-state index in [1.54, 1.807) is 31.0 Å². The lowest BCUT2D eigenvalue weighted by atomic mass is 10.1. The summed E-state index contributed by atoms with van der Waals surface area (Å²) in [6.07, 6.45) is 0. The standard InChI is InChI=1S/C17H21NO3S2/c1-13-11-16(12-14(2)17(13)21-3)23(19,20)18-9-10-22-15-7-5-4-6-8-15/h4-8,11-12,18H,9-10H2,1-3H3. The molecule has 0 bridgehead atoms. The monoisotopic (exact) mass is 351 g/mol. The van der Waals surface area contributed by atoms with Crippen molar-refractivity contribution < 1.29 is 13.2 Å². The third kappa shape index (κ3) is 4.73. The van der Waals surface area contributed by atoms with Crippen LogP contribution in [0.15, 0.2) is 52.3 Å². The number of aryl methyl sites for hydroxylation is 2. The Morgan fingerprint density at radius 2 is 1.70 bits per heavy atom. The molecular weight excluding hydrogens is 330 g/mol. The number of hydrogen-bond donors (Lipinski definition) is 1. The Hall–Kier alpha value is -1.50. The van der Waals surface area contributed by atoms with E-state index in [0.29, 0.717) is 12.3 Å². The van der Waals surface area contributed by atoms with Crippen LogP contribution in [0.2, 0.25) is 0 Å². The van der Waals surface area contributed by atoms with Crippen LogP contribution in [0.25, 0.3) is 0 Å². The molecule has 0 aromatic heterocycles. The number of methoxy groups -OCH3 is 1. The normalized spacial score (nSPS) is 11.4. The van der Waals surface area contributed by atoms with E-state index < -0.39 is 10.0 Å². The van der Waals surface area contributed by atoms with E-state index in [4.69, 9.17) is 4.74 Å². The quantitative estimate of drug-likeness (QED) is 0.614. The Morgan fingerprint density at radius 3 is 2.26 bits per heavy atom. The molecule has 0 aliphatic heterocycles. The summed E-state index contributed by atoms with van der Waals surface area (Å²) in [6.45, 7) is 4.07. The van der Waals surface area contributed by atoms with Gasteiger partial charge in [-0.1, -0.05) is 18.2 Å². The SMILES string of the molecule is COc1c(C)cc(S(=O)(=O)NCCSc2ccccc2)cc1C. The van der Waals surface area contributed by atoms with Gasteiger partial charge in [-0.15, -0.1) is 11.8 Å². The molecule has 2 aromatic rings. The Balaban J connectivity index is 1.99. The van der Waals surface area contributed by atoms with E-state index in [2.05, 4.69) is 4.72 Å². The van der Waals surface area contributed by atoms with Gasteiger partial charge >= 0.3 is 0 Å². The van der Waals surface area contributed by atoms with Crippen LogP contribution in [0.4, 0.5) is 0 Å². The number of ether oxygens (including phenoxy) is 1. The Morgan fingerprint density at radius 1 is 1.09 bits per heavy atom. The van der Waals surface area contributed by atoms with Gasteiger partial charge in [-0.3, -0.25) is 0 Å². The summed E-state index contributed by atoms with van der Waals surface area (Å²) in [5.41, 5.74) is 1.62. The molecule has 0 unspecified atom stereocenters. The van der Waals surface area contributed by atoms with Gasteiger partial charge in [0.1, 0.15) is 5.75 Å². The molecule has 0 atom stereocenters. The van der Waals surface area contributed by atoms with Crippen LogP contribution in [0.1, 0.15) is 11.1 Å². The molecule has 0 aliphatic carbocycles. The predicted octanol–water partition coefficient (Wildman–Crippen LogP) is 3.38. The highest BCUT2D eigenvalue weighted by atomic mass is 32.2. The molecule has 23 heavy (non-hydrogen) atoms. The number of nitrogens with one attached hydrogen (secondary N) is 1. The van der Waals surface area contributed by atoms with Crippen molar-refractivity contribution in [2.24, 2.45) is 0 Å². The van der Waals surface area contributed by atoms with Crippen LogP contribution in [0.5, 0.6) is 5.75 Å². The molecule has 0 aliphatic rings. The molecule has 0 saturated heterocycles. The molecule has 4 nitrogen and oxygen atoms in total. The number of benzene rings is 2. The summed E-state index contributed by atoms with van der Waals surface area (Å²) in [6, 6.07) is 13.2. The van der Waals surface area contributed by atoms with Gasteiger partial charge in [-0.05, 0) is 49.2 Å². The van der Waals surface area contributed by atoms with Crippen molar-refractivity contribution in [1.82, 2.24) is 4.72 Å². The first-order valence-corrected chi connectivity index (χ1v) is 9.73. The first-order valence-electron chi connectivity index (χ1n) is 7.27. The van der Waals surface area contributed by atoms with Gasteiger partial charge in [0, 0.05) is 17.2 Å². The van der Waals surface area contributed by atoms with Crippen LogP contribution in [-0.4, -0.2) is 27.8 Å². The van der Waals surface area contributed by atoms with Crippen molar-refractivity contribution in [3.05, 3.63) is 53.6 Å². The number of hydrogen-bond acceptors (Lipinski definition) is 4. The second-order valence-corrected chi connectivity index (χ2v) is 8.08. The fourth-order valence-corrected chi connectivity index (χ4v) is 4.45. The maximum absolute atomic E-state index is 12.4. The van der Waals surface area contributed by atoms with Gasteiger partial charge in [0.2, 0.25) is 10.0 Å². The van der Waals surface area contributed by atoms with Crippen LogP contribution in [0.3, 0.4) is 0 Å². The molecule has 0 radical (unpaired) electrons. The largest absolute Gasteiger partial charge is 0.496 e. The van der Waals surface area contributed by atoms with E-state index in [-0.39, 0.29) is 4.90 Å². The topological polar surface area (TPSA) is 55.4 Å². The minimum atomic E-state index is -3.50. The molecule has 0 amide bonds. The van der Waals surface area contributed by atoms with Crippen LogP contribution in [-0.2, 0) is 10.0 Å². The Kier molecular flexibility index (Phi) is 6.10. The van der Waals surface area contributed by atoms with Gasteiger partial charge in [0.15, 0.2) is 0 Å². The van der Waals surface area contributed by atoms with E-state index in [9.17, 15) is 8.42 Å². The van der Waals surface area contributed by atoms with Crippen LogP contribution >= 0.6 is 11.8 Å². The van der Waals surface area contributed by atoms with Crippen LogP contribution in [0, 0.1) is 13.8 Å². The summed E-state index contributed by atoms with van der Waals surface area (Å²) in [5.74, 6) is 1.40. The maximum atomic E-state index is 12.4. The molecule has 0 spiro atoms. The van der Waals surface area contributed by atoms with Crippen LogP contribution < -0.4 is 9.46 Å². The van der Waals surface area contributed by atoms with Crippen molar-refractivity contribution in [2.45, 2.75) is 23.6 Å². The third-order valence-corrected chi connectivity index (χ3v) is 5.81. The second-order valence-electron chi connectivity index (χ2n) is 5.15. The first kappa shape index (κ1) is 17.8. The highest BCUT2D eigenvalue weighted by molar-refractivity contribution is 7.99. The lowest BCUT2D eigenvalue weighted by Gasteiger charge is -2.12. The minimum Gasteiger partial charge on any atom is -0.496 e. The zero-order chi connectivity index (χ0) is 16.9. The Labute approximate surface area is 142 Å². The van der Waals surface area contributed by atoms with Gasteiger partial charge < -0.3 is 4.74 Å². The average Bonchev–Trinajstić information content (AvgIpc) is 2.52. The van der Waals surface area contributed by atoms with Crippen molar-refractivity contribution in [3.63, 3.8) is 0 Å². The summed E-state index contributed by atoms with van der Waals surface area (Å²) in [4.78, 5) is 1.40. The minimum absolute atomic E-state index is 0.276. The molecule has 0 fully saturated rings. The third-order valence-electron chi connectivity index (χ3n) is 3.35. The van der Waals surface area contributed by atoms with Gasteiger partial charge in [-0.25, -0.2) is 13.1 Å². The molecule has 2 aromatic carbocycles. The lowest BCUT2D eigenvalue weighted by Crippen LogP contribution is -2.26. The van der Waals surface area contributed by atoms with Gasteiger partial charge in [0.05, 0.1) is 12.0 Å². The highest BCUT2D eigenvalue weighted by Crippen LogP contribution is 2.26. The first-order chi connectivity index (χ1) is 10.9. The van der Waals surface area contributed by atoms with E-state index in [0.717, 1.165) is 21.8 Å². The van der Waals surface area contributed by atoms with E-state index in [1.165, 1.54) is 0 Å². The smallest absolute Gasteiger partial charge is 0.240 e. The van der Waals surface area contributed by atoms with Gasteiger partial charge in [0.25, 0.3) is 0 Å². The maximum Gasteiger partial charge on any atom is 0.240 e. The molecule has 0 saturated carbocycles.